The van der Waals surface area contributed by atoms with Crippen molar-refractivity contribution in [2.24, 2.45) is 5.92 Å². The Morgan fingerprint density at radius 1 is 1.24 bits per heavy atom. The summed E-state index contributed by atoms with van der Waals surface area (Å²) in [7, 11) is 0. The Hall–Kier alpha value is -2.78. The summed E-state index contributed by atoms with van der Waals surface area (Å²) >= 11 is 3.19. The quantitative estimate of drug-likeness (QED) is 0.281. The van der Waals surface area contributed by atoms with E-state index in [0.717, 1.165) is 34.5 Å². The summed E-state index contributed by atoms with van der Waals surface area (Å²) in [5.74, 6) is 1.92. The summed E-state index contributed by atoms with van der Waals surface area (Å²) in [5.41, 5.74) is 3.51. The van der Waals surface area contributed by atoms with Gasteiger partial charge in [0.1, 0.15) is 10.7 Å². The van der Waals surface area contributed by atoms with Crippen LogP contribution in [0.2, 0.25) is 0 Å². The molecule has 176 valence electrons. The van der Waals surface area contributed by atoms with Crippen molar-refractivity contribution in [2.75, 3.05) is 11.1 Å². The third-order valence-electron chi connectivity index (χ3n) is 6.17. The fourth-order valence-electron chi connectivity index (χ4n) is 4.48. The van der Waals surface area contributed by atoms with E-state index in [1.165, 1.54) is 35.5 Å². The number of amides is 1. The summed E-state index contributed by atoms with van der Waals surface area (Å²) in [5, 5.41) is 13.6. The number of aromatic nitrogens is 4. The van der Waals surface area contributed by atoms with Crippen molar-refractivity contribution in [1.29, 1.82) is 0 Å². The minimum atomic E-state index is -0.140. The molecule has 34 heavy (non-hydrogen) atoms. The molecule has 1 atom stereocenters. The molecular weight excluding hydrogens is 466 g/mol. The van der Waals surface area contributed by atoms with E-state index in [-0.39, 0.29) is 23.4 Å². The molecule has 1 amide bonds. The van der Waals surface area contributed by atoms with E-state index in [0.29, 0.717) is 22.3 Å². The molecule has 0 aliphatic heterocycles. The highest BCUT2D eigenvalue weighted by atomic mass is 32.2. The van der Waals surface area contributed by atoms with Gasteiger partial charge in [-0.1, -0.05) is 32.5 Å². The average molecular weight is 494 g/mol. The molecule has 0 radical (unpaired) electrons. The maximum absolute atomic E-state index is 12.8. The molecule has 1 aliphatic rings. The summed E-state index contributed by atoms with van der Waals surface area (Å²) in [4.78, 5) is 31.6. The SMILES string of the molecule is CC(=O)Nc1ccc(C(=O)CSc2nnc3c4c5c(sc4nc(C(C)C)n23)CC(C)CC5)cc1. The number of anilines is 1. The number of carbonyl (C=O) groups is 2. The lowest BCUT2D eigenvalue weighted by atomic mass is 9.89. The molecule has 3 aromatic heterocycles. The number of hydrogen-bond donors (Lipinski definition) is 1. The highest BCUT2D eigenvalue weighted by Gasteiger charge is 2.26. The van der Waals surface area contributed by atoms with Crippen molar-refractivity contribution in [3.05, 3.63) is 46.1 Å². The Balaban J connectivity index is 1.46. The Morgan fingerprint density at radius 2 is 2.00 bits per heavy atom. The summed E-state index contributed by atoms with van der Waals surface area (Å²) < 4.78 is 2.05. The zero-order chi connectivity index (χ0) is 24.0. The first-order valence-corrected chi connectivity index (χ1v) is 13.3. The number of thioether (sulfide) groups is 1. The van der Waals surface area contributed by atoms with Gasteiger partial charge in [0.2, 0.25) is 5.91 Å². The highest BCUT2D eigenvalue weighted by Crippen LogP contribution is 2.40. The maximum atomic E-state index is 12.8. The second-order valence-electron chi connectivity index (χ2n) is 9.27. The van der Waals surface area contributed by atoms with Gasteiger partial charge in [0.05, 0.1) is 11.1 Å². The Bertz CT molecular complexity index is 1400. The Morgan fingerprint density at radius 3 is 2.71 bits per heavy atom. The van der Waals surface area contributed by atoms with Crippen LogP contribution in [-0.4, -0.2) is 37.0 Å². The van der Waals surface area contributed by atoms with Crippen LogP contribution in [0.1, 0.15) is 66.7 Å². The number of nitrogens with zero attached hydrogens (tertiary/aromatic N) is 4. The smallest absolute Gasteiger partial charge is 0.221 e. The van der Waals surface area contributed by atoms with Crippen LogP contribution in [0.15, 0.2) is 29.4 Å². The maximum Gasteiger partial charge on any atom is 0.221 e. The summed E-state index contributed by atoms with van der Waals surface area (Å²) in [6.07, 6.45) is 3.34. The number of Topliss-reactive ketones (excluding diaryl/α,β-unsaturated/α-hetero) is 1. The Labute approximate surface area is 206 Å². The van der Waals surface area contributed by atoms with Crippen LogP contribution in [-0.2, 0) is 17.6 Å². The summed E-state index contributed by atoms with van der Waals surface area (Å²) in [6.45, 7) is 8.02. The molecule has 1 unspecified atom stereocenters. The van der Waals surface area contributed by atoms with Crippen LogP contribution < -0.4 is 5.32 Å². The van der Waals surface area contributed by atoms with Gasteiger partial charge in [0.15, 0.2) is 16.6 Å². The fourth-order valence-corrected chi connectivity index (χ4v) is 6.69. The minimum Gasteiger partial charge on any atom is -0.326 e. The average Bonchev–Trinajstić information content (AvgIpc) is 3.37. The highest BCUT2D eigenvalue weighted by molar-refractivity contribution is 7.99. The van der Waals surface area contributed by atoms with E-state index in [1.54, 1.807) is 35.6 Å². The minimum absolute atomic E-state index is 0.00170. The molecule has 0 spiro atoms. The van der Waals surface area contributed by atoms with Crippen LogP contribution in [0.25, 0.3) is 15.9 Å². The van der Waals surface area contributed by atoms with Gasteiger partial charge < -0.3 is 5.32 Å². The predicted octanol–water partition coefficient (Wildman–Crippen LogP) is 5.52. The van der Waals surface area contributed by atoms with Crippen molar-refractivity contribution >= 4 is 56.3 Å². The van der Waals surface area contributed by atoms with Crippen LogP contribution in [0.3, 0.4) is 0 Å². The van der Waals surface area contributed by atoms with Gasteiger partial charge in [-0.3, -0.25) is 14.0 Å². The van der Waals surface area contributed by atoms with Gasteiger partial charge in [0.25, 0.3) is 0 Å². The standard InChI is InChI=1S/C25H27N5O2S2/c1-13(2)22-27-24-21(18-10-5-14(3)11-20(18)34-24)23-28-29-25(30(22)23)33-12-19(32)16-6-8-17(9-7-16)26-15(4)31/h6-9,13-14H,5,10-12H2,1-4H3,(H,26,31). The zero-order valence-corrected chi connectivity index (χ0v) is 21.3. The molecule has 3 heterocycles. The Kier molecular flexibility index (Phi) is 6.16. The molecule has 9 heteroatoms. The molecule has 7 nitrogen and oxygen atoms in total. The van der Waals surface area contributed by atoms with Crippen molar-refractivity contribution in [3.8, 4) is 0 Å². The molecule has 1 aliphatic carbocycles. The molecule has 5 rings (SSSR count). The number of rotatable bonds is 6. The number of carbonyl (C=O) groups excluding carboxylic acids is 2. The molecule has 4 aromatic rings. The third kappa shape index (κ3) is 4.22. The normalized spacial score (nSPS) is 15.7. The summed E-state index contributed by atoms with van der Waals surface area (Å²) in [6, 6.07) is 6.95. The van der Waals surface area contributed by atoms with Crippen molar-refractivity contribution in [1.82, 2.24) is 19.6 Å². The lowest BCUT2D eigenvalue weighted by molar-refractivity contribution is -0.114. The second kappa shape index (κ2) is 9.11. The monoisotopic (exact) mass is 493 g/mol. The number of benzene rings is 1. The molecule has 0 saturated heterocycles. The molecule has 0 fully saturated rings. The van der Waals surface area contributed by atoms with Gasteiger partial charge in [-0.15, -0.1) is 21.5 Å². The zero-order valence-electron chi connectivity index (χ0n) is 19.7. The number of hydrogen-bond acceptors (Lipinski definition) is 7. The second-order valence-corrected chi connectivity index (χ2v) is 11.3. The number of nitrogens with one attached hydrogen (secondary N) is 1. The third-order valence-corrected chi connectivity index (χ3v) is 8.25. The molecule has 0 saturated carbocycles. The van der Waals surface area contributed by atoms with E-state index in [9.17, 15) is 9.59 Å². The first kappa shape index (κ1) is 23.0. The van der Waals surface area contributed by atoms with Gasteiger partial charge in [-0.05, 0) is 55.0 Å². The van der Waals surface area contributed by atoms with Crippen LogP contribution in [0.4, 0.5) is 5.69 Å². The van der Waals surface area contributed by atoms with E-state index < -0.39 is 0 Å². The van der Waals surface area contributed by atoms with Gasteiger partial charge >= 0.3 is 0 Å². The van der Waals surface area contributed by atoms with Crippen molar-refractivity contribution in [2.45, 2.75) is 58.0 Å². The van der Waals surface area contributed by atoms with E-state index in [4.69, 9.17) is 4.98 Å². The number of ketones is 1. The van der Waals surface area contributed by atoms with Crippen LogP contribution in [0.5, 0.6) is 0 Å². The topological polar surface area (TPSA) is 89.2 Å². The van der Waals surface area contributed by atoms with E-state index in [1.807, 2.05) is 0 Å². The molecule has 0 bridgehead atoms. The molecule has 1 aromatic carbocycles. The number of fused-ring (bicyclic) bond motifs is 5. The van der Waals surface area contributed by atoms with Gasteiger partial charge in [-0.25, -0.2) is 4.98 Å². The lowest BCUT2D eigenvalue weighted by Gasteiger charge is -2.17. The predicted molar refractivity (Wildman–Crippen MR) is 137 cm³/mol. The number of aryl methyl sites for hydroxylation is 1. The van der Waals surface area contributed by atoms with Gasteiger partial charge in [0, 0.05) is 29.0 Å². The van der Waals surface area contributed by atoms with Crippen LogP contribution >= 0.6 is 23.1 Å². The van der Waals surface area contributed by atoms with E-state index in [2.05, 4.69) is 40.7 Å². The largest absolute Gasteiger partial charge is 0.326 e. The van der Waals surface area contributed by atoms with Crippen molar-refractivity contribution in [3.63, 3.8) is 0 Å². The van der Waals surface area contributed by atoms with Gasteiger partial charge in [-0.2, -0.15) is 0 Å². The van der Waals surface area contributed by atoms with E-state index >= 15 is 0 Å². The molecule has 1 N–H and O–H groups in total. The molecular formula is C25H27N5O2S2. The van der Waals surface area contributed by atoms with Crippen LogP contribution in [0, 0.1) is 5.92 Å². The number of thiophene rings is 1. The first-order chi connectivity index (χ1) is 16.3. The lowest BCUT2D eigenvalue weighted by Crippen LogP contribution is -2.09. The first-order valence-electron chi connectivity index (χ1n) is 11.5. The van der Waals surface area contributed by atoms with Crippen molar-refractivity contribution < 1.29 is 9.59 Å². The fraction of sp³-hybridized carbons (Fsp3) is 0.400.